The number of nitrogens with one attached hydrogen (secondary N) is 1. The third-order valence-corrected chi connectivity index (χ3v) is 5.91. The molecule has 0 spiro atoms. The van der Waals surface area contributed by atoms with Crippen molar-refractivity contribution in [3.8, 4) is 0 Å². The Morgan fingerprint density at radius 3 is 2.23 bits per heavy atom. The first-order valence-electron chi connectivity index (χ1n) is 7.33. The number of sulfonamides is 1. The molecule has 1 aromatic heterocycles. The van der Waals surface area contributed by atoms with Gasteiger partial charge in [0.15, 0.2) is 0 Å². The zero-order valence-electron chi connectivity index (χ0n) is 13.7. The molecule has 5 heteroatoms. The van der Waals surface area contributed by atoms with Crippen LogP contribution in [0.1, 0.15) is 34.7 Å². The van der Waals surface area contributed by atoms with Crippen molar-refractivity contribution in [1.29, 1.82) is 0 Å². The zero-order valence-corrected chi connectivity index (χ0v) is 14.5. The summed E-state index contributed by atoms with van der Waals surface area (Å²) in [6, 6.07) is 3.67. The summed E-state index contributed by atoms with van der Waals surface area (Å²) < 4.78 is 33.4. The summed E-state index contributed by atoms with van der Waals surface area (Å²) in [4.78, 5) is 0.407. The van der Waals surface area contributed by atoms with E-state index in [-0.39, 0.29) is 6.04 Å². The maximum atomic E-state index is 12.8. The molecule has 0 aliphatic carbocycles. The molecule has 0 radical (unpaired) electrons. The predicted octanol–water partition coefficient (Wildman–Crippen LogP) is 3.42. The molecule has 1 heterocycles. The molecule has 1 atom stereocenters. The van der Waals surface area contributed by atoms with E-state index in [1.54, 1.807) is 12.5 Å². The lowest BCUT2D eigenvalue weighted by Gasteiger charge is -2.19. The van der Waals surface area contributed by atoms with E-state index in [1.807, 2.05) is 46.8 Å². The van der Waals surface area contributed by atoms with Gasteiger partial charge >= 0.3 is 0 Å². The van der Waals surface area contributed by atoms with Crippen molar-refractivity contribution in [2.75, 3.05) is 0 Å². The molecule has 0 aliphatic rings. The van der Waals surface area contributed by atoms with Crippen LogP contribution in [0, 0.1) is 27.7 Å². The second-order valence-electron chi connectivity index (χ2n) is 5.95. The SMILES string of the molecule is Cc1cc(C)c(C)c(S(=O)(=O)NC(C)Cc2ccoc2)c1C. The molecule has 2 aromatic rings. The number of hydrogen-bond donors (Lipinski definition) is 1. The molecular weight excluding hydrogens is 298 g/mol. The van der Waals surface area contributed by atoms with Gasteiger partial charge in [-0.25, -0.2) is 13.1 Å². The maximum Gasteiger partial charge on any atom is 0.241 e. The minimum absolute atomic E-state index is 0.206. The molecule has 1 N–H and O–H groups in total. The Hall–Kier alpha value is -1.59. The van der Waals surface area contributed by atoms with E-state index in [2.05, 4.69) is 4.72 Å². The molecular formula is C17H23NO3S. The van der Waals surface area contributed by atoms with Gasteiger partial charge in [-0.05, 0) is 74.9 Å². The quantitative estimate of drug-likeness (QED) is 0.918. The highest BCUT2D eigenvalue weighted by Crippen LogP contribution is 2.26. The smallest absolute Gasteiger partial charge is 0.241 e. The van der Waals surface area contributed by atoms with Gasteiger partial charge in [-0.15, -0.1) is 0 Å². The summed E-state index contributed by atoms with van der Waals surface area (Å²) in [5.74, 6) is 0. The lowest BCUT2D eigenvalue weighted by molar-refractivity contribution is 0.548. The van der Waals surface area contributed by atoms with Gasteiger partial charge < -0.3 is 4.42 Å². The van der Waals surface area contributed by atoms with Crippen molar-refractivity contribution in [2.24, 2.45) is 0 Å². The fraction of sp³-hybridized carbons (Fsp3) is 0.412. The molecule has 2 rings (SSSR count). The molecule has 0 saturated heterocycles. The molecule has 1 aromatic carbocycles. The fourth-order valence-corrected chi connectivity index (χ4v) is 4.57. The van der Waals surface area contributed by atoms with E-state index in [0.717, 1.165) is 27.8 Å². The van der Waals surface area contributed by atoms with Gasteiger partial charge in [0.2, 0.25) is 10.0 Å². The molecule has 0 saturated carbocycles. The molecule has 4 nitrogen and oxygen atoms in total. The zero-order chi connectivity index (χ0) is 16.5. The summed E-state index contributed by atoms with van der Waals surface area (Å²) in [7, 11) is -3.55. The second-order valence-corrected chi connectivity index (χ2v) is 7.60. The Morgan fingerprint density at radius 2 is 1.73 bits per heavy atom. The molecule has 0 fully saturated rings. The van der Waals surface area contributed by atoms with Crippen LogP contribution in [0.4, 0.5) is 0 Å². The highest BCUT2D eigenvalue weighted by molar-refractivity contribution is 7.89. The first-order valence-corrected chi connectivity index (χ1v) is 8.81. The van der Waals surface area contributed by atoms with E-state index in [0.29, 0.717) is 11.3 Å². The van der Waals surface area contributed by atoms with Crippen molar-refractivity contribution < 1.29 is 12.8 Å². The van der Waals surface area contributed by atoms with Gasteiger partial charge in [0, 0.05) is 6.04 Å². The van der Waals surface area contributed by atoms with Gasteiger partial charge in [-0.1, -0.05) is 6.07 Å². The summed E-state index contributed by atoms with van der Waals surface area (Å²) in [6.45, 7) is 9.46. The van der Waals surface area contributed by atoms with E-state index in [4.69, 9.17) is 4.42 Å². The van der Waals surface area contributed by atoms with E-state index < -0.39 is 10.0 Å². The van der Waals surface area contributed by atoms with Crippen molar-refractivity contribution >= 4 is 10.0 Å². The van der Waals surface area contributed by atoms with E-state index in [1.165, 1.54) is 0 Å². The van der Waals surface area contributed by atoms with Gasteiger partial charge in [-0.2, -0.15) is 0 Å². The lowest BCUT2D eigenvalue weighted by atomic mass is 10.0. The van der Waals surface area contributed by atoms with Gasteiger partial charge in [0.1, 0.15) is 0 Å². The van der Waals surface area contributed by atoms with Crippen LogP contribution in [0.15, 0.2) is 34.0 Å². The highest BCUT2D eigenvalue weighted by Gasteiger charge is 2.24. The minimum Gasteiger partial charge on any atom is -0.472 e. The van der Waals surface area contributed by atoms with Crippen molar-refractivity contribution in [2.45, 2.75) is 52.0 Å². The summed E-state index contributed by atoms with van der Waals surface area (Å²) >= 11 is 0. The monoisotopic (exact) mass is 321 g/mol. The topological polar surface area (TPSA) is 59.3 Å². The highest BCUT2D eigenvalue weighted by atomic mass is 32.2. The number of benzene rings is 1. The Kier molecular flexibility index (Phi) is 4.78. The average Bonchev–Trinajstić information content (AvgIpc) is 2.88. The Bertz CT molecular complexity index is 735. The summed E-state index contributed by atoms with van der Waals surface area (Å²) in [5.41, 5.74) is 4.58. The number of furan rings is 1. The third kappa shape index (κ3) is 3.42. The predicted molar refractivity (Wildman–Crippen MR) is 87.6 cm³/mol. The molecule has 120 valence electrons. The molecule has 0 amide bonds. The van der Waals surface area contributed by atoms with Crippen LogP contribution in [-0.4, -0.2) is 14.5 Å². The fourth-order valence-electron chi connectivity index (χ4n) is 2.71. The molecule has 22 heavy (non-hydrogen) atoms. The van der Waals surface area contributed by atoms with Crippen LogP contribution >= 0.6 is 0 Å². The van der Waals surface area contributed by atoms with Crippen LogP contribution < -0.4 is 4.72 Å². The van der Waals surface area contributed by atoms with Crippen molar-refractivity contribution in [1.82, 2.24) is 4.72 Å². The standard InChI is InChI=1S/C17H23NO3S/c1-11-8-12(2)15(5)17(14(11)4)22(19,20)18-13(3)9-16-6-7-21-10-16/h6-8,10,13,18H,9H2,1-5H3. The number of hydrogen-bond acceptors (Lipinski definition) is 3. The molecule has 0 bridgehead atoms. The van der Waals surface area contributed by atoms with Crippen molar-refractivity contribution in [3.63, 3.8) is 0 Å². The molecule has 0 aliphatic heterocycles. The Balaban J connectivity index is 2.31. The summed E-state index contributed by atoms with van der Waals surface area (Å²) in [5, 5.41) is 0. The van der Waals surface area contributed by atoms with Gasteiger partial charge in [0.05, 0.1) is 17.4 Å². The Labute approximate surface area is 132 Å². The van der Waals surface area contributed by atoms with E-state index in [9.17, 15) is 8.42 Å². The number of aryl methyl sites for hydroxylation is 2. The normalized spacial score (nSPS) is 13.3. The van der Waals surface area contributed by atoms with Crippen LogP contribution in [0.3, 0.4) is 0 Å². The first-order chi connectivity index (χ1) is 10.2. The lowest BCUT2D eigenvalue weighted by Crippen LogP contribution is -2.35. The minimum atomic E-state index is -3.55. The Morgan fingerprint density at radius 1 is 1.14 bits per heavy atom. The van der Waals surface area contributed by atoms with Gasteiger partial charge in [-0.3, -0.25) is 0 Å². The first kappa shape index (κ1) is 16.8. The third-order valence-electron chi connectivity index (χ3n) is 4.04. The maximum absolute atomic E-state index is 12.8. The van der Waals surface area contributed by atoms with Crippen LogP contribution in [-0.2, 0) is 16.4 Å². The van der Waals surface area contributed by atoms with Crippen molar-refractivity contribution in [3.05, 3.63) is 52.5 Å². The van der Waals surface area contributed by atoms with Crippen LogP contribution in [0.25, 0.3) is 0 Å². The summed E-state index contributed by atoms with van der Waals surface area (Å²) in [6.07, 6.45) is 3.82. The average molecular weight is 321 g/mol. The van der Waals surface area contributed by atoms with Crippen LogP contribution in [0.5, 0.6) is 0 Å². The van der Waals surface area contributed by atoms with Gasteiger partial charge in [0.25, 0.3) is 0 Å². The number of rotatable bonds is 5. The van der Waals surface area contributed by atoms with Crippen LogP contribution in [0.2, 0.25) is 0 Å². The second kappa shape index (κ2) is 6.26. The largest absolute Gasteiger partial charge is 0.472 e. The van der Waals surface area contributed by atoms with E-state index >= 15 is 0 Å². The molecule has 1 unspecified atom stereocenters.